The van der Waals surface area contributed by atoms with E-state index in [1.54, 1.807) is 12.1 Å². The summed E-state index contributed by atoms with van der Waals surface area (Å²) >= 11 is 7.67. The van der Waals surface area contributed by atoms with Crippen LogP contribution in [0.15, 0.2) is 48.8 Å². The predicted molar refractivity (Wildman–Crippen MR) is 101 cm³/mol. The number of benzene rings is 1. The van der Waals surface area contributed by atoms with Crippen LogP contribution in [-0.4, -0.2) is 35.3 Å². The zero-order valence-electron chi connectivity index (χ0n) is 13.7. The summed E-state index contributed by atoms with van der Waals surface area (Å²) in [7, 11) is 1.50. The fourth-order valence-corrected chi connectivity index (χ4v) is 4.55. The number of ether oxygens (including phenoxy) is 1. The van der Waals surface area contributed by atoms with E-state index in [0.29, 0.717) is 16.5 Å². The molecule has 26 heavy (non-hydrogen) atoms. The predicted octanol–water partition coefficient (Wildman–Crippen LogP) is 3.32. The van der Waals surface area contributed by atoms with Crippen LogP contribution < -0.4 is 15.0 Å². The number of nitrogens with one attached hydrogen (secondary N) is 1. The van der Waals surface area contributed by atoms with Gasteiger partial charge in [-0.3, -0.25) is 9.78 Å². The second kappa shape index (κ2) is 6.66. The number of nitrogens with zero attached hydrogens (tertiary/aromatic N) is 2. The smallest absolute Gasteiger partial charge is 0.329 e. The Morgan fingerprint density at radius 2 is 2.08 bits per heavy atom. The molecule has 1 aromatic heterocycles. The Balaban J connectivity index is 1.64. The number of urea groups is 1. The monoisotopic (exact) mass is 387 g/mol. The Bertz CT molecular complexity index is 933. The quantitative estimate of drug-likeness (QED) is 0.874. The van der Waals surface area contributed by atoms with Crippen LogP contribution in [0.5, 0.6) is 5.75 Å². The zero-order valence-corrected chi connectivity index (χ0v) is 15.3. The van der Waals surface area contributed by atoms with Crippen molar-refractivity contribution in [1.29, 1.82) is 0 Å². The zero-order chi connectivity index (χ0) is 18.3. The summed E-state index contributed by atoms with van der Waals surface area (Å²) in [6, 6.07) is 8.18. The van der Waals surface area contributed by atoms with Crippen LogP contribution in [-0.2, 0) is 4.79 Å². The lowest BCUT2D eigenvalue weighted by molar-refractivity contribution is -0.118. The topological polar surface area (TPSA) is 71.5 Å². The highest BCUT2D eigenvalue weighted by Gasteiger charge is 2.45. The van der Waals surface area contributed by atoms with Crippen molar-refractivity contribution >= 4 is 45.9 Å². The lowest BCUT2D eigenvalue weighted by Gasteiger charge is -2.32. The Hall–Kier alpha value is -2.51. The molecule has 2 aromatic rings. The average Bonchev–Trinajstić information content (AvgIpc) is 3.06. The Kier molecular flexibility index (Phi) is 4.34. The third-order valence-electron chi connectivity index (χ3n) is 4.20. The molecule has 3 heterocycles. The molecule has 2 unspecified atom stereocenters. The fraction of sp³-hybridized carbons (Fsp3) is 0.167. The number of hydrogen-bond acceptors (Lipinski definition) is 5. The molecular formula is C18H14ClN3O3S. The Morgan fingerprint density at radius 3 is 2.85 bits per heavy atom. The van der Waals surface area contributed by atoms with Gasteiger partial charge in [0.2, 0.25) is 0 Å². The van der Waals surface area contributed by atoms with Crippen molar-refractivity contribution in [2.24, 2.45) is 0 Å². The van der Waals surface area contributed by atoms with E-state index >= 15 is 0 Å². The maximum absolute atomic E-state index is 13.0. The van der Waals surface area contributed by atoms with Gasteiger partial charge in [0.1, 0.15) is 11.0 Å². The van der Waals surface area contributed by atoms with Crippen LogP contribution in [0.25, 0.3) is 4.91 Å². The van der Waals surface area contributed by atoms with E-state index in [-0.39, 0.29) is 11.9 Å². The number of hydrogen-bond donors (Lipinski definition) is 1. The molecule has 1 aromatic carbocycles. The third kappa shape index (κ3) is 2.83. The highest BCUT2D eigenvalue weighted by atomic mass is 35.5. The minimum Gasteiger partial charge on any atom is -0.495 e. The van der Waals surface area contributed by atoms with Gasteiger partial charge in [-0.2, -0.15) is 0 Å². The summed E-state index contributed by atoms with van der Waals surface area (Å²) in [5, 5.41) is 3.03. The van der Waals surface area contributed by atoms with Crippen molar-refractivity contribution < 1.29 is 14.3 Å². The van der Waals surface area contributed by atoms with Gasteiger partial charge in [-0.15, -0.1) is 11.8 Å². The van der Waals surface area contributed by atoms with Gasteiger partial charge in [0.15, 0.2) is 0 Å². The van der Waals surface area contributed by atoms with Crippen LogP contribution in [0.3, 0.4) is 0 Å². The second-order valence-electron chi connectivity index (χ2n) is 5.78. The summed E-state index contributed by atoms with van der Waals surface area (Å²) in [5.41, 5.74) is 1.22. The van der Waals surface area contributed by atoms with E-state index in [0.717, 1.165) is 15.4 Å². The van der Waals surface area contributed by atoms with Crippen LogP contribution in [0, 0.1) is 0 Å². The van der Waals surface area contributed by atoms with Crippen molar-refractivity contribution in [3.8, 4) is 5.75 Å². The van der Waals surface area contributed by atoms with Crippen LogP contribution >= 0.6 is 23.4 Å². The first-order chi connectivity index (χ1) is 12.6. The largest absolute Gasteiger partial charge is 0.495 e. The maximum Gasteiger partial charge on any atom is 0.329 e. The molecule has 0 bridgehead atoms. The number of imide groups is 1. The summed E-state index contributed by atoms with van der Waals surface area (Å²) < 4.78 is 5.13. The molecule has 2 atom stereocenters. The molecule has 1 saturated heterocycles. The normalized spacial score (nSPS) is 21.9. The average molecular weight is 388 g/mol. The molecule has 2 aliphatic rings. The number of rotatable bonds is 3. The number of pyridine rings is 1. The summed E-state index contributed by atoms with van der Waals surface area (Å²) in [6.07, 6.45) is 4.86. The molecule has 0 saturated carbocycles. The van der Waals surface area contributed by atoms with Crippen molar-refractivity contribution in [2.45, 2.75) is 11.3 Å². The van der Waals surface area contributed by atoms with Gasteiger partial charge in [0, 0.05) is 21.6 Å². The van der Waals surface area contributed by atoms with Gasteiger partial charge in [0.05, 0.1) is 31.2 Å². The number of carbonyl (C=O) groups excluding carboxylic acids is 2. The molecular weight excluding hydrogens is 374 g/mol. The molecule has 8 heteroatoms. The number of fused-ring (bicyclic) bond motifs is 1. The molecule has 0 radical (unpaired) electrons. The van der Waals surface area contributed by atoms with Crippen LogP contribution in [0.2, 0.25) is 5.02 Å². The van der Waals surface area contributed by atoms with Gasteiger partial charge in [-0.25, -0.2) is 9.69 Å². The fourth-order valence-electron chi connectivity index (χ4n) is 2.96. The van der Waals surface area contributed by atoms with E-state index < -0.39 is 11.3 Å². The van der Waals surface area contributed by atoms with E-state index in [4.69, 9.17) is 16.3 Å². The Labute approximate surface area is 159 Å². The highest BCUT2D eigenvalue weighted by Crippen LogP contribution is 2.44. The molecule has 3 amide bonds. The number of carbonyl (C=O) groups is 2. The summed E-state index contributed by atoms with van der Waals surface area (Å²) in [4.78, 5) is 31.5. The van der Waals surface area contributed by atoms with E-state index in [9.17, 15) is 9.59 Å². The lowest BCUT2D eigenvalue weighted by Crippen LogP contribution is -2.60. The maximum atomic E-state index is 13.0. The molecule has 6 nitrogen and oxygen atoms in total. The van der Waals surface area contributed by atoms with Gasteiger partial charge in [-0.05, 0) is 12.1 Å². The molecule has 1 N–H and O–H groups in total. The molecule has 132 valence electrons. The lowest BCUT2D eigenvalue weighted by atomic mass is 10.1. The number of anilines is 1. The standard InChI is InChI=1S/C18H14ClN3O3S/c1-25-11-6-10(8-20-9-11)22-17(23)16-14(21-18(22)24)7-15(26-16)12-4-2-3-5-13(12)19/h2-9,14,16H,1H3,(H,21,24). The number of thioether (sulfide) groups is 1. The van der Waals surface area contributed by atoms with Crippen molar-refractivity contribution in [1.82, 2.24) is 10.3 Å². The number of halogens is 1. The second-order valence-corrected chi connectivity index (χ2v) is 7.37. The summed E-state index contributed by atoms with van der Waals surface area (Å²) in [5.74, 6) is 0.177. The van der Waals surface area contributed by atoms with Crippen molar-refractivity contribution in [2.75, 3.05) is 12.0 Å². The van der Waals surface area contributed by atoms with E-state index in [2.05, 4.69) is 10.3 Å². The van der Waals surface area contributed by atoms with Gasteiger partial charge < -0.3 is 10.1 Å². The first kappa shape index (κ1) is 16.9. The van der Waals surface area contributed by atoms with Crippen molar-refractivity contribution in [3.05, 3.63) is 59.4 Å². The number of methoxy groups -OCH3 is 1. The first-order valence-electron chi connectivity index (χ1n) is 7.85. The molecule has 2 aliphatic heterocycles. The van der Waals surface area contributed by atoms with E-state index in [1.165, 1.54) is 31.3 Å². The molecule has 1 fully saturated rings. The van der Waals surface area contributed by atoms with Gasteiger partial charge in [0.25, 0.3) is 5.91 Å². The minimum atomic E-state index is -0.483. The van der Waals surface area contributed by atoms with Crippen LogP contribution in [0.4, 0.5) is 10.5 Å². The number of amides is 3. The molecule has 0 spiro atoms. The summed E-state index contributed by atoms with van der Waals surface area (Å²) in [6.45, 7) is 0. The van der Waals surface area contributed by atoms with Crippen LogP contribution in [0.1, 0.15) is 5.56 Å². The minimum absolute atomic E-state index is 0.294. The molecule has 4 rings (SSSR count). The highest BCUT2D eigenvalue weighted by molar-refractivity contribution is 8.09. The third-order valence-corrected chi connectivity index (χ3v) is 5.89. The van der Waals surface area contributed by atoms with Crippen molar-refractivity contribution in [3.63, 3.8) is 0 Å². The number of aromatic nitrogens is 1. The van der Waals surface area contributed by atoms with Gasteiger partial charge in [-0.1, -0.05) is 29.8 Å². The van der Waals surface area contributed by atoms with E-state index in [1.807, 2.05) is 24.3 Å². The first-order valence-corrected chi connectivity index (χ1v) is 9.11. The Morgan fingerprint density at radius 1 is 1.27 bits per heavy atom. The van der Waals surface area contributed by atoms with Gasteiger partial charge >= 0.3 is 6.03 Å². The SMILES string of the molecule is COc1cncc(N2C(=O)NC3C=C(c4ccccc4Cl)SC3C2=O)c1. The molecule has 0 aliphatic carbocycles.